The van der Waals surface area contributed by atoms with Crippen molar-refractivity contribution < 1.29 is 9.21 Å². The molecule has 0 spiro atoms. The van der Waals surface area contributed by atoms with Crippen LogP contribution in [0.3, 0.4) is 0 Å². The summed E-state index contributed by atoms with van der Waals surface area (Å²) in [6.07, 6.45) is 7.81. The number of fused-ring (bicyclic) bond motifs is 1. The Morgan fingerprint density at radius 3 is 2.36 bits per heavy atom. The number of nitrogens with zero attached hydrogens (tertiary/aromatic N) is 1. The SMILES string of the molecule is CCC1CCC(N(C(=O)c2cc3ccccc3oc2=O)C2CC2)CC1. The van der Waals surface area contributed by atoms with Crippen LogP contribution in [-0.4, -0.2) is 22.9 Å². The summed E-state index contributed by atoms with van der Waals surface area (Å²) in [4.78, 5) is 27.6. The van der Waals surface area contributed by atoms with E-state index in [1.54, 1.807) is 12.1 Å². The number of hydrogen-bond acceptors (Lipinski definition) is 3. The van der Waals surface area contributed by atoms with E-state index >= 15 is 0 Å². The van der Waals surface area contributed by atoms with E-state index in [1.165, 1.54) is 19.3 Å². The molecular weight excluding hydrogens is 314 g/mol. The Morgan fingerprint density at radius 2 is 1.72 bits per heavy atom. The zero-order valence-corrected chi connectivity index (χ0v) is 14.7. The van der Waals surface area contributed by atoms with Crippen LogP contribution in [0.5, 0.6) is 0 Å². The van der Waals surface area contributed by atoms with Gasteiger partial charge in [-0.1, -0.05) is 31.5 Å². The molecule has 1 aromatic carbocycles. The molecule has 2 fully saturated rings. The van der Waals surface area contributed by atoms with Gasteiger partial charge in [-0.2, -0.15) is 0 Å². The Morgan fingerprint density at radius 1 is 1.08 bits per heavy atom. The summed E-state index contributed by atoms with van der Waals surface area (Å²) in [5, 5.41) is 0.802. The molecular formula is C21H25NO3. The molecule has 0 unspecified atom stereocenters. The first-order chi connectivity index (χ1) is 12.2. The maximum atomic E-state index is 13.2. The fourth-order valence-corrected chi connectivity index (χ4v) is 4.16. The van der Waals surface area contributed by atoms with Gasteiger partial charge in [0.1, 0.15) is 11.1 Å². The third-order valence-electron chi connectivity index (χ3n) is 5.83. The summed E-state index contributed by atoms with van der Waals surface area (Å²) in [6, 6.07) is 9.64. The van der Waals surface area contributed by atoms with Crippen LogP contribution in [0.25, 0.3) is 11.0 Å². The van der Waals surface area contributed by atoms with Crippen molar-refractivity contribution in [3.8, 4) is 0 Å². The van der Waals surface area contributed by atoms with Gasteiger partial charge in [-0.25, -0.2) is 4.79 Å². The lowest BCUT2D eigenvalue weighted by Gasteiger charge is -2.37. The van der Waals surface area contributed by atoms with Crippen molar-refractivity contribution in [2.75, 3.05) is 0 Å². The van der Waals surface area contributed by atoms with Crippen LogP contribution in [0.15, 0.2) is 39.5 Å². The molecule has 132 valence electrons. The molecule has 2 saturated carbocycles. The number of benzene rings is 1. The summed E-state index contributed by atoms with van der Waals surface area (Å²) in [7, 11) is 0. The normalized spacial score (nSPS) is 23.6. The summed E-state index contributed by atoms with van der Waals surface area (Å²) in [6.45, 7) is 2.25. The van der Waals surface area contributed by atoms with Crippen LogP contribution in [-0.2, 0) is 0 Å². The average molecular weight is 339 g/mol. The number of hydrogen-bond donors (Lipinski definition) is 0. The second kappa shape index (κ2) is 6.66. The van der Waals surface area contributed by atoms with E-state index in [-0.39, 0.29) is 17.5 Å². The molecule has 0 radical (unpaired) electrons. The Labute approximate surface area is 147 Å². The van der Waals surface area contributed by atoms with Crippen LogP contribution in [0, 0.1) is 5.92 Å². The lowest BCUT2D eigenvalue weighted by atomic mass is 9.83. The maximum Gasteiger partial charge on any atom is 0.349 e. The number of para-hydroxylation sites is 1. The van der Waals surface area contributed by atoms with Crippen LogP contribution >= 0.6 is 0 Å². The van der Waals surface area contributed by atoms with Crippen LogP contribution in [0.4, 0.5) is 0 Å². The van der Waals surface area contributed by atoms with E-state index in [2.05, 4.69) is 6.92 Å². The smallest absolute Gasteiger partial charge is 0.349 e. The van der Waals surface area contributed by atoms with Crippen molar-refractivity contribution in [3.05, 3.63) is 46.3 Å². The number of carbonyl (C=O) groups is 1. The average Bonchev–Trinajstić information content (AvgIpc) is 3.46. The lowest BCUT2D eigenvalue weighted by Crippen LogP contribution is -2.45. The fourth-order valence-electron chi connectivity index (χ4n) is 4.16. The quantitative estimate of drug-likeness (QED) is 0.777. The molecule has 0 saturated heterocycles. The minimum Gasteiger partial charge on any atom is -0.422 e. The van der Waals surface area contributed by atoms with E-state index in [0.717, 1.165) is 37.0 Å². The van der Waals surface area contributed by atoms with Gasteiger partial charge in [0.25, 0.3) is 5.91 Å². The molecule has 4 heteroatoms. The molecule has 0 atom stereocenters. The van der Waals surface area contributed by atoms with Gasteiger partial charge >= 0.3 is 5.63 Å². The van der Waals surface area contributed by atoms with Crippen LogP contribution in [0.1, 0.15) is 62.2 Å². The molecule has 1 aromatic heterocycles. The molecule has 2 aliphatic rings. The van der Waals surface area contributed by atoms with E-state index in [9.17, 15) is 9.59 Å². The first kappa shape index (κ1) is 16.4. The molecule has 4 nitrogen and oxygen atoms in total. The highest BCUT2D eigenvalue weighted by molar-refractivity contribution is 5.97. The Hall–Kier alpha value is -2.10. The second-order valence-corrected chi connectivity index (χ2v) is 7.51. The highest BCUT2D eigenvalue weighted by atomic mass is 16.4. The van der Waals surface area contributed by atoms with Gasteiger partial charge in [-0.3, -0.25) is 4.79 Å². The van der Waals surface area contributed by atoms with Crippen molar-refractivity contribution in [3.63, 3.8) is 0 Å². The van der Waals surface area contributed by atoms with Gasteiger partial charge in [0.05, 0.1) is 0 Å². The Bertz CT molecular complexity index is 828. The largest absolute Gasteiger partial charge is 0.422 e. The van der Waals surface area contributed by atoms with Gasteiger partial charge in [-0.05, 0) is 56.6 Å². The predicted molar refractivity (Wildman–Crippen MR) is 97.7 cm³/mol. The molecule has 2 aromatic rings. The van der Waals surface area contributed by atoms with Gasteiger partial charge in [0.15, 0.2) is 0 Å². The minimum absolute atomic E-state index is 0.137. The van der Waals surface area contributed by atoms with Crippen molar-refractivity contribution in [1.29, 1.82) is 0 Å². The monoisotopic (exact) mass is 339 g/mol. The highest BCUT2D eigenvalue weighted by Gasteiger charge is 2.39. The zero-order valence-electron chi connectivity index (χ0n) is 14.7. The fraction of sp³-hybridized carbons (Fsp3) is 0.524. The molecule has 0 bridgehead atoms. The first-order valence-corrected chi connectivity index (χ1v) is 9.53. The van der Waals surface area contributed by atoms with E-state index < -0.39 is 5.63 Å². The van der Waals surface area contributed by atoms with E-state index in [1.807, 2.05) is 23.1 Å². The van der Waals surface area contributed by atoms with Gasteiger partial charge in [0, 0.05) is 17.5 Å². The molecule has 0 aliphatic heterocycles. The first-order valence-electron chi connectivity index (χ1n) is 9.53. The molecule has 2 aliphatic carbocycles. The van der Waals surface area contributed by atoms with E-state index in [0.29, 0.717) is 11.6 Å². The second-order valence-electron chi connectivity index (χ2n) is 7.51. The Kier molecular flexibility index (Phi) is 4.36. The summed E-state index contributed by atoms with van der Waals surface area (Å²) >= 11 is 0. The van der Waals surface area contributed by atoms with Crippen molar-refractivity contribution in [2.45, 2.75) is 64.0 Å². The summed E-state index contributed by atoms with van der Waals surface area (Å²) < 4.78 is 5.38. The lowest BCUT2D eigenvalue weighted by molar-refractivity contribution is 0.0583. The van der Waals surface area contributed by atoms with Gasteiger partial charge in [0.2, 0.25) is 0 Å². The third kappa shape index (κ3) is 3.22. The number of rotatable bonds is 4. The number of amides is 1. The van der Waals surface area contributed by atoms with Crippen molar-refractivity contribution in [1.82, 2.24) is 4.90 Å². The van der Waals surface area contributed by atoms with Crippen molar-refractivity contribution in [2.24, 2.45) is 5.92 Å². The van der Waals surface area contributed by atoms with Gasteiger partial charge < -0.3 is 9.32 Å². The summed E-state index contributed by atoms with van der Waals surface area (Å²) in [5.74, 6) is 0.653. The highest BCUT2D eigenvalue weighted by Crippen LogP contribution is 2.37. The number of carbonyl (C=O) groups excluding carboxylic acids is 1. The van der Waals surface area contributed by atoms with Crippen molar-refractivity contribution >= 4 is 16.9 Å². The summed E-state index contributed by atoms with van der Waals surface area (Å²) in [5.41, 5.74) is 0.199. The van der Waals surface area contributed by atoms with Crippen LogP contribution < -0.4 is 5.63 Å². The molecule has 1 amide bonds. The Balaban J connectivity index is 1.63. The molecule has 0 N–H and O–H groups in total. The molecule has 25 heavy (non-hydrogen) atoms. The van der Waals surface area contributed by atoms with Gasteiger partial charge in [-0.15, -0.1) is 0 Å². The predicted octanol–water partition coefficient (Wildman–Crippen LogP) is 4.37. The third-order valence-corrected chi connectivity index (χ3v) is 5.83. The maximum absolute atomic E-state index is 13.2. The zero-order chi connectivity index (χ0) is 17.4. The minimum atomic E-state index is -0.517. The standard InChI is InChI=1S/C21H25NO3/c1-2-14-7-9-16(10-8-14)22(17-11-12-17)20(23)18-13-15-5-3-4-6-19(15)25-21(18)24/h3-6,13-14,16-17H,2,7-12H2,1H3. The molecule has 1 heterocycles. The van der Waals surface area contributed by atoms with Crippen LogP contribution in [0.2, 0.25) is 0 Å². The molecule has 4 rings (SSSR count). The van der Waals surface area contributed by atoms with E-state index in [4.69, 9.17) is 4.42 Å². The topological polar surface area (TPSA) is 50.5 Å².